The number of nitrogens with zero attached hydrogens (tertiary/aromatic N) is 2. The van der Waals surface area contributed by atoms with Crippen LogP contribution in [0.25, 0.3) is 0 Å². The minimum atomic E-state index is -0.131. The third kappa shape index (κ3) is 4.64. The molecule has 0 aliphatic heterocycles. The molecule has 0 saturated carbocycles. The van der Waals surface area contributed by atoms with Crippen molar-refractivity contribution in [3.63, 3.8) is 0 Å². The average molecular weight is 400 g/mol. The zero-order valence-electron chi connectivity index (χ0n) is 16.0. The molecule has 1 aromatic heterocycles. The number of carbonyl (C=O) groups is 1. The smallest absolute Gasteiger partial charge is 0.229 e. The number of methoxy groups -OCH3 is 2. The number of benzene rings is 2. The molecule has 2 aromatic carbocycles. The Morgan fingerprint density at radius 3 is 2.43 bits per heavy atom. The third-order valence-electron chi connectivity index (χ3n) is 4.34. The second-order valence-corrected chi connectivity index (χ2v) is 6.81. The highest BCUT2D eigenvalue weighted by Crippen LogP contribution is 2.28. The number of amides is 1. The van der Waals surface area contributed by atoms with Gasteiger partial charge in [0.15, 0.2) is 11.5 Å². The van der Waals surface area contributed by atoms with Gasteiger partial charge in [0, 0.05) is 10.6 Å². The van der Waals surface area contributed by atoms with E-state index in [2.05, 4.69) is 10.4 Å². The van der Waals surface area contributed by atoms with Crippen molar-refractivity contribution in [3.05, 3.63) is 70.4 Å². The average Bonchev–Trinajstić information content (AvgIpc) is 3.03. The summed E-state index contributed by atoms with van der Waals surface area (Å²) in [4.78, 5) is 12.6. The first kappa shape index (κ1) is 19.8. The lowest BCUT2D eigenvalue weighted by molar-refractivity contribution is -0.115. The first-order valence-electron chi connectivity index (χ1n) is 8.77. The Morgan fingerprint density at radius 2 is 1.75 bits per heavy atom. The topological polar surface area (TPSA) is 65.4 Å². The van der Waals surface area contributed by atoms with Crippen molar-refractivity contribution in [2.45, 2.75) is 19.9 Å². The molecule has 0 aliphatic carbocycles. The highest BCUT2D eigenvalue weighted by Gasteiger charge is 2.13. The minimum absolute atomic E-state index is 0.131. The molecular weight excluding hydrogens is 378 g/mol. The number of aromatic nitrogens is 2. The van der Waals surface area contributed by atoms with E-state index in [-0.39, 0.29) is 12.3 Å². The van der Waals surface area contributed by atoms with Crippen LogP contribution in [-0.4, -0.2) is 29.9 Å². The number of ether oxygens (including phenoxy) is 2. The molecule has 0 aliphatic rings. The van der Waals surface area contributed by atoms with Crippen LogP contribution in [0.3, 0.4) is 0 Å². The first-order chi connectivity index (χ1) is 13.5. The second-order valence-electron chi connectivity index (χ2n) is 6.37. The van der Waals surface area contributed by atoms with Crippen LogP contribution >= 0.6 is 11.6 Å². The molecule has 0 unspecified atom stereocenters. The van der Waals surface area contributed by atoms with Gasteiger partial charge in [0.25, 0.3) is 0 Å². The summed E-state index contributed by atoms with van der Waals surface area (Å²) in [6, 6.07) is 13.0. The van der Waals surface area contributed by atoms with Crippen LogP contribution in [0.2, 0.25) is 5.02 Å². The molecule has 1 heterocycles. The summed E-state index contributed by atoms with van der Waals surface area (Å²) < 4.78 is 12.3. The van der Waals surface area contributed by atoms with Crippen LogP contribution in [0.4, 0.5) is 5.82 Å². The van der Waals surface area contributed by atoms with Crippen molar-refractivity contribution in [2.24, 2.45) is 0 Å². The standard InChI is InChI=1S/C21H22ClN3O3/c1-14-12-23-25(13-15-4-7-17(22)8-5-15)21(14)24-20(26)11-16-6-9-18(27-2)19(10-16)28-3/h4-10,12H,11,13H2,1-3H3,(H,24,26). The Balaban J connectivity index is 1.72. The fraction of sp³-hybridized carbons (Fsp3) is 0.238. The molecule has 1 amide bonds. The molecule has 0 saturated heterocycles. The number of nitrogens with one attached hydrogen (secondary N) is 1. The quantitative estimate of drug-likeness (QED) is 0.649. The van der Waals surface area contributed by atoms with Gasteiger partial charge < -0.3 is 14.8 Å². The zero-order chi connectivity index (χ0) is 20.1. The maximum absolute atomic E-state index is 12.6. The summed E-state index contributed by atoms with van der Waals surface area (Å²) in [5.74, 6) is 1.77. The highest BCUT2D eigenvalue weighted by atomic mass is 35.5. The van der Waals surface area contributed by atoms with E-state index in [1.807, 2.05) is 37.3 Å². The SMILES string of the molecule is COc1ccc(CC(=O)Nc2c(C)cnn2Cc2ccc(Cl)cc2)cc1OC. The number of hydrogen-bond donors (Lipinski definition) is 1. The van der Waals surface area contributed by atoms with E-state index in [4.69, 9.17) is 21.1 Å². The summed E-state index contributed by atoms with van der Waals surface area (Å²) in [6.07, 6.45) is 1.95. The number of halogens is 1. The molecule has 1 N–H and O–H groups in total. The van der Waals surface area contributed by atoms with Gasteiger partial charge in [-0.2, -0.15) is 5.10 Å². The largest absolute Gasteiger partial charge is 0.493 e. The Kier molecular flexibility index (Phi) is 6.21. The van der Waals surface area contributed by atoms with Gasteiger partial charge in [-0.25, -0.2) is 4.68 Å². The summed E-state index contributed by atoms with van der Waals surface area (Å²) in [6.45, 7) is 2.45. The minimum Gasteiger partial charge on any atom is -0.493 e. The lowest BCUT2D eigenvalue weighted by atomic mass is 10.1. The van der Waals surface area contributed by atoms with E-state index in [0.717, 1.165) is 16.7 Å². The van der Waals surface area contributed by atoms with E-state index in [0.29, 0.717) is 28.9 Å². The Morgan fingerprint density at radius 1 is 1.07 bits per heavy atom. The molecule has 0 bridgehead atoms. The van der Waals surface area contributed by atoms with Crippen molar-refractivity contribution in [1.29, 1.82) is 0 Å². The Hall–Kier alpha value is -2.99. The summed E-state index contributed by atoms with van der Waals surface area (Å²) in [5.41, 5.74) is 2.77. The fourth-order valence-electron chi connectivity index (χ4n) is 2.88. The normalized spacial score (nSPS) is 10.6. The van der Waals surface area contributed by atoms with Crippen molar-refractivity contribution in [2.75, 3.05) is 19.5 Å². The predicted molar refractivity (Wildman–Crippen MR) is 109 cm³/mol. The van der Waals surface area contributed by atoms with Crippen molar-refractivity contribution in [3.8, 4) is 11.5 Å². The fourth-order valence-corrected chi connectivity index (χ4v) is 3.00. The number of anilines is 1. The van der Waals surface area contributed by atoms with Gasteiger partial charge in [0.1, 0.15) is 5.82 Å². The molecular formula is C21H22ClN3O3. The number of hydrogen-bond acceptors (Lipinski definition) is 4. The maximum Gasteiger partial charge on any atom is 0.229 e. The molecule has 0 spiro atoms. The van der Waals surface area contributed by atoms with Crippen LogP contribution in [0.15, 0.2) is 48.7 Å². The van der Waals surface area contributed by atoms with Crippen molar-refractivity contribution >= 4 is 23.3 Å². The van der Waals surface area contributed by atoms with Gasteiger partial charge in [0.2, 0.25) is 5.91 Å². The Labute approximate surface area is 169 Å². The number of rotatable bonds is 7. The van der Waals surface area contributed by atoms with Gasteiger partial charge in [-0.15, -0.1) is 0 Å². The second kappa shape index (κ2) is 8.80. The summed E-state index contributed by atoms with van der Waals surface area (Å²) in [7, 11) is 3.15. The van der Waals surface area contributed by atoms with E-state index in [1.165, 1.54) is 0 Å². The van der Waals surface area contributed by atoms with Gasteiger partial charge in [-0.1, -0.05) is 29.8 Å². The van der Waals surface area contributed by atoms with Crippen molar-refractivity contribution < 1.29 is 14.3 Å². The van der Waals surface area contributed by atoms with Crippen LogP contribution in [0.5, 0.6) is 11.5 Å². The molecule has 28 heavy (non-hydrogen) atoms. The number of aryl methyl sites for hydroxylation is 1. The van der Waals surface area contributed by atoms with Gasteiger partial charge in [0.05, 0.1) is 33.4 Å². The summed E-state index contributed by atoms with van der Waals surface area (Å²) >= 11 is 5.94. The lowest BCUT2D eigenvalue weighted by Gasteiger charge is -2.12. The molecule has 3 aromatic rings. The molecule has 146 valence electrons. The first-order valence-corrected chi connectivity index (χ1v) is 9.15. The molecule has 6 nitrogen and oxygen atoms in total. The highest BCUT2D eigenvalue weighted by molar-refractivity contribution is 6.30. The Bertz CT molecular complexity index is 968. The predicted octanol–water partition coefficient (Wildman–Crippen LogP) is 4.09. The van der Waals surface area contributed by atoms with E-state index in [9.17, 15) is 4.79 Å². The monoisotopic (exact) mass is 399 g/mol. The van der Waals surface area contributed by atoms with E-state index >= 15 is 0 Å². The van der Waals surface area contributed by atoms with Crippen LogP contribution < -0.4 is 14.8 Å². The molecule has 0 atom stereocenters. The van der Waals surface area contributed by atoms with Crippen molar-refractivity contribution in [1.82, 2.24) is 9.78 Å². The molecule has 0 radical (unpaired) electrons. The van der Waals surface area contributed by atoms with E-state index < -0.39 is 0 Å². The maximum atomic E-state index is 12.6. The molecule has 7 heteroatoms. The third-order valence-corrected chi connectivity index (χ3v) is 4.59. The summed E-state index contributed by atoms with van der Waals surface area (Å²) in [5, 5.41) is 8.03. The molecule has 3 rings (SSSR count). The lowest BCUT2D eigenvalue weighted by Crippen LogP contribution is -2.18. The number of carbonyl (C=O) groups excluding carboxylic acids is 1. The van der Waals surface area contributed by atoms with E-state index in [1.54, 1.807) is 37.2 Å². The van der Waals surface area contributed by atoms with Gasteiger partial charge in [-0.05, 0) is 42.3 Å². The van der Waals surface area contributed by atoms with Crippen LogP contribution in [0, 0.1) is 6.92 Å². The van der Waals surface area contributed by atoms with Crippen LogP contribution in [0.1, 0.15) is 16.7 Å². The van der Waals surface area contributed by atoms with Gasteiger partial charge >= 0.3 is 0 Å². The zero-order valence-corrected chi connectivity index (χ0v) is 16.8. The van der Waals surface area contributed by atoms with Crippen LogP contribution in [-0.2, 0) is 17.8 Å². The molecule has 0 fully saturated rings. The van der Waals surface area contributed by atoms with Gasteiger partial charge in [-0.3, -0.25) is 4.79 Å².